The van der Waals surface area contributed by atoms with Crippen LogP contribution in [0.1, 0.15) is 18.4 Å². The van der Waals surface area contributed by atoms with Crippen molar-refractivity contribution in [2.24, 2.45) is 5.41 Å². The first-order valence-electron chi connectivity index (χ1n) is 20.7. The van der Waals surface area contributed by atoms with Crippen molar-refractivity contribution in [3.63, 3.8) is 0 Å². The number of aromatic nitrogens is 3. The number of amides is 2. The van der Waals surface area contributed by atoms with Crippen LogP contribution in [0.5, 0.6) is 34.5 Å². The number of methoxy groups -OCH3 is 4. The Morgan fingerprint density at radius 1 is 0.657 bits per heavy atom. The number of nitrogens with zero attached hydrogens (tertiary/aromatic N) is 3. The average molecular weight is 931 g/mol. The van der Waals surface area contributed by atoms with Gasteiger partial charge in [-0.2, -0.15) is 0 Å². The molecule has 1 fully saturated rings. The van der Waals surface area contributed by atoms with Crippen molar-refractivity contribution < 1.29 is 47.1 Å². The second kappa shape index (κ2) is 23.0. The SMILES string of the molecule is C#Cc1cccc(Nc2ncnc3cc(OCCOC)c(OCCOC)cc23)c1.COc1cc2nccc(Oc3ccc(NC(=O)C4(C(=O)Nc5ccc(F)cc5)CC4)cc3)c2cc1OC.Cl. The number of pyridine rings is 1. The van der Waals surface area contributed by atoms with Crippen molar-refractivity contribution in [2.45, 2.75) is 12.8 Å². The van der Waals surface area contributed by atoms with E-state index in [1.54, 1.807) is 77.1 Å². The monoisotopic (exact) mass is 930 g/mol. The minimum atomic E-state index is -1.14. The van der Waals surface area contributed by atoms with Gasteiger partial charge >= 0.3 is 0 Å². The number of rotatable bonds is 18. The number of nitrogens with one attached hydrogen (secondary N) is 3. The number of benzene rings is 5. The summed E-state index contributed by atoms with van der Waals surface area (Å²) >= 11 is 0. The van der Waals surface area contributed by atoms with Gasteiger partial charge in [-0.3, -0.25) is 14.6 Å². The molecule has 5 aromatic carbocycles. The first-order valence-corrected chi connectivity index (χ1v) is 20.7. The summed E-state index contributed by atoms with van der Waals surface area (Å²) in [5, 5.41) is 10.4. The lowest BCUT2D eigenvalue weighted by Gasteiger charge is -2.16. The predicted molar refractivity (Wildman–Crippen MR) is 256 cm³/mol. The van der Waals surface area contributed by atoms with Gasteiger partial charge in [-0.25, -0.2) is 14.4 Å². The van der Waals surface area contributed by atoms with E-state index in [-0.39, 0.29) is 18.3 Å². The maximum absolute atomic E-state index is 13.1. The lowest BCUT2D eigenvalue weighted by Crippen LogP contribution is -2.35. The van der Waals surface area contributed by atoms with Crippen LogP contribution in [0.4, 0.5) is 27.3 Å². The molecule has 0 aliphatic heterocycles. The van der Waals surface area contributed by atoms with E-state index < -0.39 is 17.1 Å². The smallest absolute Gasteiger partial charge is 0.240 e. The molecule has 67 heavy (non-hydrogen) atoms. The number of carbonyl (C=O) groups excluding carboxylic acids is 2. The zero-order valence-corrected chi connectivity index (χ0v) is 37.9. The predicted octanol–water partition coefficient (Wildman–Crippen LogP) is 9.37. The third-order valence-electron chi connectivity index (χ3n) is 10.4. The van der Waals surface area contributed by atoms with Crippen molar-refractivity contribution in [1.82, 2.24) is 15.0 Å². The largest absolute Gasteiger partial charge is 0.493 e. The molecule has 0 unspecified atom stereocenters. The molecule has 17 heteroatoms. The van der Waals surface area contributed by atoms with Crippen LogP contribution >= 0.6 is 12.4 Å². The topological polar surface area (TPSA) is 174 Å². The fraction of sp³-hybridized carbons (Fsp3) is 0.220. The van der Waals surface area contributed by atoms with E-state index in [0.717, 1.165) is 27.5 Å². The minimum absolute atomic E-state index is 0. The number of hydrogen-bond donors (Lipinski definition) is 3. The molecule has 1 aliphatic carbocycles. The number of halogens is 2. The summed E-state index contributed by atoms with van der Waals surface area (Å²) in [6.07, 6.45) is 9.52. The van der Waals surface area contributed by atoms with Crippen molar-refractivity contribution >= 4 is 68.9 Å². The van der Waals surface area contributed by atoms with Crippen LogP contribution in [0.15, 0.2) is 116 Å². The Bertz CT molecular complexity index is 2860. The maximum atomic E-state index is 13.1. The fourth-order valence-corrected chi connectivity index (χ4v) is 6.67. The number of anilines is 4. The summed E-state index contributed by atoms with van der Waals surface area (Å²) in [5.41, 5.74) is 2.86. The molecule has 0 atom stereocenters. The second-order valence-electron chi connectivity index (χ2n) is 14.7. The fourth-order valence-electron chi connectivity index (χ4n) is 6.67. The van der Waals surface area contributed by atoms with Crippen LogP contribution in [0, 0.1) is 23.6 Å². The number of hydrogen-bond acceptors (Lipinski definition) is 13. The molecule has 1 aliphatic rings. The standard InChI is InChI=1S/C28H24FN3O5.C22H23N3O4.ClH/c1-35-24-15-21-22(16-25(24)36-2)30-14-11-23(21)37-20-9-7-19(8-10-20)32-27(34)28(12-13-28)26(33)31-18-5-3-17(29)4-6-18;1-4-16-6-5-7-17(12-16)25-22-18-13-20(28-10-8-26-2)21(29-11-9-27-3)14-19(18)23-15-24-22;/h3-11,14-16H,12-13H2,1-2H3,(H,31,33)(H,32,34);1,5-7,12-15H,8-11H2,2-3H3,(H,23,24,25);1H. The number of carbonyl (C=O) groups is 2. The number of fused-ring (bicyclic) bond motifs is 2. The zero-order valence-electron chi connectivity index (χ0n) is 37.1. The third-order valence-corrected chi connectivity index (χ3v) is 10.4. The molecule has 2 amide bonds. The molecule has 0 bridgehead atoms. The Morgan fingerprint density at radius 3 is 1.85 bits per heavy atom. The van der Waals surface area contributed by atoms with E-state index in [1.807, 2.05) is 36.4 Å². The molecule has 346 valence electrons. The van der Waals surface area contributed by atoms with Gasteiger partial charge in [-0.15, -0.1) is 18.8 Å². The van der Waals surface area contributed by atoms with E-state index in [0.29, 0.717) is 96.5 Å². The summed E-state index contributed by atoms with van der Waals surface area (Å²) in [6.45, 7) is 1.73. The molecule has 0 spiro atoms. The number of ether oxygens (including phenoxy) is 7. The van der Waals surface area contributed by atoms with Crippen LogP contribution in [-0.2, 0) is 19.1 Å². The Labute approximate surface area is 392 Å². The Hall–Kier alpha value is -7.71. The molecule has 15 nitrogen and oxygen atoms in total. The molecule has 8 rings (SSSR count). The summed E-state index contributed by atoms with van der Waals surface area (Å²) in [5.74, 6) is 5.51. The molecule has 2 heterocycles. The van der Waals surface area contributed by atoms with Crippen LogP contribution in [0.2, 0.25) is 0 Å². The lowest BCUT2D eigenvalue weighted by molar-refractivity contribution is -0.131. The van der Waals surface area contributed by atoms with Gasteiger partial charge in [-0.05, 0) is 97.8 Å². The van der Waals surface area contributed by atoms with Crippen LogP contribution in [0.25, 0.3) is 21.8 Å². The lowest BCUT2D eigenvalue weighted by atomic mass is 10.0. The number of terminal acetylenes is 1. The first-order chi connectivity index (χ1) is 32.2. The van der Waals surface area contributed by atoms with Crippen LogP contribution < -0.4 is 39.6 Å². The summed E-state index contributed by atoms with van der Waals surface area (Å²) in [7, 11) is 6.37. The van der Waals surface area contributed by atoms with E-state index in [4.69, 9.17) is 39.6 Å². The highest BCUT2D eigenvalue weighted by Crippen LogP contribution is 2.48. The normalized spacial score (nSPS) is 12.0. The van der Waals surface area contributed by atoms with Gasteiger partial charge in [-0.1, -0.05) is 12.0 Å². The maximum Gasteiger partial charge on any atom is 0.240 e. The molecule has 7 aromatic rings. The molecule has 0 saturated heterocycles. The highest BCUT2D eigenvalue weighted by molar-refractivity contribution is 6.17. The van der Waals surface area contributed by atoms with Gasteiger partial charge in [0.15, 0.2) is 23.0 Å². The molecular weight excluding hydrogens is 883 g/mol. The van der Waals surface area contributed by atoms with Crippen LogP contribution in [0.3, 0.4) is 0 Å². The van der Waals surface area contributed by atoms with Gasteiger partial charge in [0.2, 0.25) is 11.8 Å². The third kappa shape index (κ3) is 12.2. The van der Waals surface area contributed by atoms with Crippen LogP contribution in [-0.4, -0.2) is 81.6 Å². The van der Waals surface area contributed by atoms with Crippen molar-refractivity contribution in [2.75, 3.05) is 70.8 Å². The van der Waals surface area contributed by atoms with E-state index in [9.17, 15) is 14.0 Å². The first kappa shape index (κ1) is 48.7. The van der Waals surface area contributed by atoms with Gasteiger partial charge in [0.1, 0.15) is 48.1 Å². The highest BCUT2D eigenvalue weighted by Gasteiger charge is 2.56. The molecular formula is C50H48ClFN6O9. The van der Waals surface area contributed by atoms with E-state index in [2.05, 4.69) is 36.8 Å². The summed E-state index contributed by atoms with van der Waals surface area (Å²) < 4.78 is 51.7. The molecule has 3 N–H and O–H groups in total. The van der Waals surface area contributed by atoms with E-state index in [1.165, 1.54) is 30.6 Å². The zero-order chi connectivity index (χ0) is 46.5. The summed E-state index contributed by atoms with van der Waals surface area (Å²) in [6, 6.07) is 28.9. The second-order valence-corrected chi connectivity index (χ2v) is 14.7. The molecule has 0 radical (unpaired) electrons. The van der Waals surface area contributed by atoms with Gasteiger partial charge in [0.05, 0.1) is 38.5 Å². The van der Waals surface area contributed by atoms with E-state index >= 15 is 0 Å². The van der Waals surface area contributed by atoms with Crippen molar-refractivity contribution in [1.29, 1.82) is 0 Å². The summed E-state index contributed by atoms with van der Waals surface area (Å²) in [4.78, 5) is 38.8. The Kier molecular flexibility index (Phi) is 16.7. The van der Waals surface area contributed by atoms with Gasteiger partial charge in [0, 0.05) is 65.9 Å². The van der Waals surface area contributed by atoms with Crippen molar-refractivity contribution in [3.8, 4) is 46.8 Å². The quantitative estimate of drug-likeness (QED) is 0.0423. The van der Waals surface area contributed by atoms with Gasteiger partial charge < -0.3 is 49.1 Å². The Balaban J connectivity index is 0.000000224. The molecule has 1 saturated carbocycles. The average Bonchev–Trinajstić information content (AvgIpc) is 4.16. The van der Waals surface area contributed by atoms with Crippen molar-refractivity contribution in [3.05, 3.63) is 127 Å². The van der Waals surface area contributed by atoms with Gasteiger partial charge in [0.25, 0.3) is 0 Å². The Morgan fingerprint density at radius 2 is 1.24 bits per heavy atom. The highest BCUT2D eigenvalue weighted by atomic mass is 35.5. The minimum Gasteiger partial charge on any atom is -0.493 e. The molecule has 2 aromatic heterocycles.